The number of pyridine rings is 1. The standard InChI is InChI=1S/C44H36N4O2/c1-50-40(30-14-6-2-7-15-30)29-46-43(49)39-27-32-26-37-36(28-38(32)47-39)41(31-22-24-45-25-23-31)48-42(37)44(33-16-8-3-9-17-33,34-18-10-4-11-19-34)35-20-12-5-13-21-35/h2-26,28,40,42H,27,29H2,1H3,(H,46,49). The van der Waals surface area contributed by atoms with E-state index in [0.29, 0.717) is 18.7 Å². The molecule has 3 heterocycles. The van der Waals surface area contributed by atoms with E-state index >= 15 is 0 Å². The molecule has 2 atom stereocenters. The van der Waals surface area contributed by atoms with Crippen LogP contribution in [0.15, 0.2) is 168 Å². The lowest BCUT2D eigenvalue weighted by atomic mass is 9.63. The largest absolute Gasteiger partial charge is 0.375 e. The molecule has 1 amide bonds. The molecule has 0 aliphatic carbocycles. The number of amides is 1. The van der Waals surface area contributed by atoms with Gasteiger partial charge in [-0.05, 0) is 51.6 Å². The molecule has 1 aromatic heterocycles. The van der Waals surface area contributed by atoms with Gasteiger partial charge in [0.05, 0.1) is 29.0 Å². The molecule has 0 radical (unpaired) electrons. The molecule has 50 heavy (non-hydrogen) atoms. The Morgan fingerprint density at radius 3 is 1.90 bits per heavy atom. The second-order valence-electron chi connectivity index (χ2n) is 12.7. The fraction of sp³-hybridized carbons (Fsp3) is 0.136. The van der Waals surface area contributed by atoms with Gasteiger partial charge in [0.15, 0.2) is 0 Å². The summed E-state index contributed by atoms with van der Waals surface area (Å²) >= 11 is 0. The molecule has 2 unspecified atom stereocenters. The number of carbonyl (C=O) groups is 1. The summed E-state index contributed by atoms with van der Waals surface area (Å²) in [6.45, 7) is 0.347. The highest BCUT2D eigenvalue weighted by molar-refractivity contribution is 6.41. The summed E-state index contributed by atoms with van der Waals surface area (Å²) in [5, 5.41) is 3.07. The van der Waals surface area contributed by atoms with Gasteiger partial charge in [0.25, 0.3) is 5.91 Å². The molecular formula is C44H36N4O2. The molecule has 2 aliphatic rings. The number of ether oxygens (including phenoxy) is 1. The molecule has 6 aromatic rings. The van der Waals surface area contributed by atoms with Gasteiger partial charge >= 0.3 is 0 Å². The van der Waals surface area contributed by atoms with E-state index in [9.17, 15) is 4.79 Å². The van der Waals surface area contributed by atoms with E-state index < -0.39 is 5.41 Å². The van der Waals surface area contributed by atoms with E-state index in [1.807, 2.05) is 42.5 Å². The third-order valence-electron chi connectivity index (χ3n) is 9.89. The maximum atomic E-state index is 13.6. The lowest BCUT2D eigenvalue weighted by Crippen LogP contribution is -2.35. The number of aromatic nitrogens is 1. The molecule has 0 fully saturated rings. The molecule has 1 N–H and O–H groups in total. The predicted octanol–water partition coefficient (Wildman–Crippen LogP) is 8.14. The fourth-order valence-electron chi connectivity index (χ4n) is 7.53. The van der Waals surface area contributed by atoms with Crippen LogP contribution in [-0.2, 0) is 21.4 Å². The molecule has 0 saturated heterocycles. The van der Waals surface area contributed by atoms with Crippen LogP contribution in [0.25, 0.3) is 0 Å². The maximum Gasteiger partial charge on any atom is 0.266 e. The van der Waals surface area contributed by atoms with Crippen LogP contribution in [0.5, 0.6) is 0 Å². The second-order valence-corrected chi connectivity index (χ2v) is 12.7. The Labute approximate surface area is 292 Å². The summed E-state index contributed by atoms with van der Waals surface area (Å²) in [6.07, 6.45) is 3.79. The quantitative estimate of drug-likeness (QED) is 0.152. The summed E-state index contributed by atoms with van der Waals surface area (Å²) < 4.78 is 5.70. The number of hydrogen-bond donors (Lipinski definition) is 1. The zero-order chi connectivity index (χ0) is 33.9. The van der Waals surface area contributed by atoms with Crippen LogP contribution in [0.4, 0.5) is 5.69 Å². The molecule has 0 spiro atoms. The number of aliphatic imine (C=N–C) groups is 2. The molecule has 0 bridgehead atoms. The van der Waals surface area contributed by atoms with Gasteiger partial charge in [-0.2, -0.15) is 0 Å². The van der Waals surface area contributed by atoms with Crippen LogP contribution < -0.4 is 5.32 Å². The lowest BCUT2D eigenvalue weighted by molar-refractivity contribution is -0.115. The minimum Gasteiger partial charge on any atom is -0.375 e. The predicted molar refractivity (Wildman–Crippen MR) is 198 cm³/mol. The van der Waals surface area contributed by atoms with Crippen molar-refractivity contribution in [1.29, 1.82) is 0 Å². The zero-order valence-electron chi connectivity index (χ0n) is 27.7. The van der Waals surface area contributed by atoms with Crippen LogP contribution in [0.3, 0.4) is 0 Å². The van der Waals surface area contributed by atoms with Crippen molar-refractivity contribution in [3.8, 4) is 0 Å². The Kier molecular flexibility index (Phi) is 8.45. The van der Waals surface area contributed by atoms with Crippen LogP contribution in [0.1, 0.15) is 56.7 Å². The van der Waals surface area contributed by atoms with E-state index in [1.165, 1.54) is 0 Å². The number of rotatable bonds is 10. The highest BCUT2D eigenvalue weighted by atomic mass is 16.5. The monoisotopic (exact) mass is 652 g/mol. The highest BCUT2D eigenvalue weighted by Gasteiger charge is 2.48. The summed E-state index contributed by atoms with van der Waals surface area (Å²) in [4.78, 5) is 28.4. The van der Waals surface area contributed by atoms with Crippen molar-refractivity contribution in [3.05, 3.63) is 202 Å². The number of nitrogens with one attached hydrogen (secondary N) is 1. The number of hydrogen-bond acceptors (Lipinski definition) is 5. The molecular weight excluding hydrogens is 617 g/mol. The smallest absolute Gasteiger partial charge is 0.266 e. The van der Waals surface area contributed by atoms with Gasteiger partial charge < -0.3 is 10.1 Å². The SMILES string of the molecule is COC(CNC(=O)C1=Nc2cc3c(cc2C1)C(C(c1ccccc1)(c1ccccc1)c1ccccc1)N=C3c1ccncc1)c1ccccc1. The van der Waals surface area contributed by atoms with Gasteiger partial charge in [-0.3, -0.25) is 14.8 Å². The topological polar surface area (TPSA) is 75.9 Å². The Morgan fingerprint density at radius 2 is 1.34 bits per heavy atom. The van der Waals surface area contributed by atoms with E-state index in [2.05, 4.69) is 113 Å². The molecule has 6 nitrogen and oxygen atoms in total. The van der Waals surface area contributed by atoms with Gasteiger partial charge in [0, 0.05) is 43.6 Å². The van der Waals surface area contributed by atoms with E-state index in [-0.39, 0.29) is 18.1 Å². The van der Waals surface area contributed by atoms with Gasteiger partial charge in [-0.15, -0.1) is 0 Å². The molecule has 0 saturated carbocycles. The molecule has 5 aromatic carbocycles. The van der Waals surface area contributed by atoms with Crippen molar-refractivity contribution in [2.45, 2.75) is 24.0 Å². The minimum atomic E-state index is -0.659. The third-order valence-corrected chi connectivity index (χ3v) is 9.89. The Morgan fingerprint density at radius 1 is 0.780 bits per heavy atom. The van der Waals surface area contributed by atoms with Gasteiger partial charge in [-0.1, -0.05) is 127 Å². The van der Waals surface area contributed by atoms with Gasteiger partial charge in [0.1, 0.15) is 5.71 Å². The summed E-state index contributed by atoms with van der Waals surface area (Å²) in [5.41, 5.74) is 10.1. The maximum absolute atomic E-state index is 13.6. The molecule has 244 valence electrons. The molecule has 6 heteroatoms. The average molecular weight is 653 g/mol. The van der Waals surface area contributed by atoms with Crippen molar-refractivity contribution in [2.75, 3.05) is 13.7 Å². The Bertz CT molecular complexity index is 2090. The average Bonchev–Trinajstić information content (AvgIpc) is 3.78. The number of fused-ring (bicyclic) bond motifs is 2. The fourth-order valence-corrected chi connectivity index (χ4v) is 7.53. The summed E-state index contributed by atoms with van der Waals surface area (Å²) in [5.74, 6) is -0.189. The van der Waals surface area contributed by atoms with E-state index in [0.717, 1.165) is 55.9 Å². The van der Waals surface area contributed by atoms with E-state index in [4.69, 9.17) is 14.7 Å². The zero-order valence-corrected chi connectivity index (χ0v) is 27.7. The van der Waals surface area contributed by atoms with Crippen LogP contribution in [-0.4, -0.2) is 36.0 Å². The summed E-state index contributed by atoms with van der Waals surface area (Å²) in [7, 11) is 1.66. The van der Waals surface area contributed by atoms with Gasteiger partial charge in [-0.25, -0.2) is 4.99 Å². The summed E-state index contributed by atoms with van der Waals surface area (Å²) in [6, 6.07) is 50.0. The van der Waals surface area contributed by atoms with Crippen molar-refractivity contribution < 1.29 is 9.53 Å². The molecule has 2 aliphatic heterocycles. The lowest BCUT2D eigenvalue weighted by Gasteiger charge is -2.40. The first-order valence-corrected chi connectivity index (χ1v) is 16.9. The number of nitrogens with zero attached hydrogens (tertiary/aromatic N) is 3. The van der Waals surface area contributed by atoms with Crippen molar-refractivity contribution in [2.24, 2.45) is 9.98 Å². The third kappa shape index (κ3) is 5.54. The van der Waals surface area contributed by atoms with Gasteiger partial charge in [0.2, 0.25) is 0 Å². The van der Waals surface area contributed by atoms with Crippen molar-refractivity contribution in [1.82, 2.24) is 10.3 Å². The Hall–Kier alpha value is -5.98. The van der Waals surface area contributed by atoms with Crippen LogP contribution in [0, 0.1) is 0 Å². The molecule has 8 rings (SSSR count). The van der Waals surface area contributed by atoms with E-state index in [1.54, 1.807) is 19.5 Å². The number of carbonyl (C=O) groups excluding carboxylic acids is 1. The normalized spacial score (nSPS) is 15.4. The second kappa shape index (κ2) is 13.5. The first kappa shape index (κ1) is 31.3. The highest BCUT2D eigenvalue weighted by Crippen LogP contribution is 2.54. The van der Waals surface area contributed by atoms with Crippen LogP contribution >= 0.6 is 0 Å². The number of methoxy groups -OCH3 is 1. The van der Waals surface area contributed by atoms with Crippen molar-refractivity contribution >= 4 is 23.0 Å². The van der Waals surface area contributed by atoms with Crippen molar-refractivity contribution in [3.63, 3.8) is 0 Å². The Balaban J connectivity index is 1.24. The van der Waals surface area contributed by atoms with Crippen LogP contribution in [0.2, 0.25) is 0 Å². The number of benzene rings is 5. The first-order valence-electron chi connectivity index (χ1n) is 16.9. The first-order chi connectivity index (χ1) is 24.7. The minimum absolute atomic E-state index is 0.189.